The summed E-state index contributed by atoms with van der Waals surface area (Å²) in [5.41, 5.74) is 2.17. The number of aryl methyl sites for hydroxylation is 1. The van der Waals surface area contributed by atoms with Gasteiger partial charge in [-0.3, -0.25) is 4.79 Å². The van der Waals surface area contributed by atoms with E-state index in [-0.39, 0.29) is 4.90 Å². The second-order valence-corrected chi connectivity index (χ2v) is 6.30. The van der Waals surface area contributed by atoms with Crippen molar-refractivity contribution < 1.29 is 18.3 Å². The van der Waals surface area contributed by atoms with Crippen molar-refractivity contribution in [1.29, 1.82) is 0 Å². The number of benzene rings is 1. The molecule has 0 aliphatic rings. The summed E-state index contributed by atoms with van der Waals surface area (Å²) in [4.78, 5) is 11.1. The summed E-state index contributed by atoms with van der Waals surface area (Å²) >= 11 is 0. The minimum atomic E-state index is -3.32. The van der Waals surface area contributed by atoms with E-state index in [2.05, 4.69) is 0 Å². The fraction of sp³-hybridized carbons (Fsp3) is 0.417. The van der Waals surface area contributed by atoms with E-state index in [0.717, 1.165) is 17.4 Å². The van der Waals surface area contributed by atoms with Gasteiger partial charge in [0.1, 0.15) is 0 Å². The number of carboxylic acids is 1. The fourth-order valence-electron chi connectivity index (χ4n) is 1.65. The van der Waals surface area contributed by atoms with Crippen molar-refractivity contribution in [2.45, 2.75) is 31.6 Å². The van der Waals surface area contributed by atoms with Crippen LogP contribution in [0.15, 0.2) is 17.0 Å². The maximum absolute atomic E-state index is 11.5. The van der Waals surface area contributed by atoms with Gasteiger partial charge in [0.2, 0.25) is 0 Å². The Labute approximate surface area is 101 Å². The Bertz CT molecular complexity index is 558. The molecule has 0 bridgehead atoms. The van der Waals surface area contributed by atoms with E-state index in [1.165, 1.54) is 6.07 Å². The van der Waals surface area contributed by atoms with Crippen LogP contribution in [0.4, 0.5) is 0 Å². The molecule has 0 amide bonds. The lowest BCUT2D eigenvalue weighted by atomic mass is 9.94. The number of hydrogen-bond acceptors (Lipinski definition) is 3. The van der Waals surface area contributed by atoms with Gasteiger partial charge in [0, 0.05) is 6.26 Å². The zero-order valence-corrected chi connectivity index (χ0v) is 11.1. The molecule has 1 unspecified atom stereocenters. The minimum absolute atomic E-state index is 0.170. The van der Waals surface area contributed by atoms with Crippen LogP contribution >= 0.6 is 0 Å². The predicted octanol–water partition coefficient (Wildman–Crippen LogP) is 1.90. The van der Waals surface area contributed by atoms with Crippen molar-refractivity contribution in [3.8, 4) is 0 Å². The summed E-state index contributed by atoms with van der Waals surface area (Å²) in [7, 11) is -3.32. The molecule has 0 aromatic heterocycles. The molecule has 0 saturated carbocycles. The average Bonchev–Trinajstić information content (AvgIpc) is 2.19. The highest BCUT2D eigenvalue weighted by Crippen LogP contribution is 2.26. The van der Waals surface area contributed by atoms with Crippen LogP contribution in [0, 0.1) is 13.8 Å². The summed E-state index contributed by atoms with van der Waals surface area (Å²) < 4.78 is 23.0. The van der Waals surface area contributed by atoms with Gasteiger partial charge in [-0.25, -0.2) is 8.42 Å². The molecule has 0 spiro atoms. The van der Waals surface area contributed by atoms with Crippen LogP contribution in [-0.4, -0.2) is 25.7 Å². The Morgan fingerprint density at radius 1 is 1.29 bits per heavy atom. The van der Waals surface area contributed by atoms with Gasteiger partial charge in [-0.15, -0.1) is 0 Å². The highest BCUT2D eigenvalue weighted by Gasteiger charge is 2.20. The average molecular weight is 256 g/mol. The molecule has 0 aliphatic heterocycles. The molecule has 1 aromatic carbocycles. The van der Waals surface area contributed by atoms with E-state index < -0.39 is 21.7 Å². The van der Waals surface area contributed by atoms with Gasteiger partial charge < -0.3 is 5.11 Å². The number of carboxylic acid groups (broad SMARTS) is 1. The highest BCUT2D eigenvalue weighted by atomic mass is 32.2. The maximum atomic E-state index is 11.5. The first-order valence-corrected chi connectivity index (χ1v) is 7.07. The van der Waals surface area contributed by atoms with Gasteiger partial charge in [-0.1, -0.05) is 0 Å². The standard InChI is InChI=1S/C12H16O4S/c1-7-5-10(17(4,15)16)6-11(8(7)2)9(3)12(13)14/h5-6,9H,1-4H3,(H,13,14). The Kier molecular flexibility index (Phi) is 3.62. The quantitative estimate of drug-likeness (QED) is 0.896. The van der Waals surface area contributed by atoms with E-state index in [9.17, 15) is 13.2 Å². The lowest BCUT2D eigenvalue weighted by Crippen LogP contribution is -2.11. The van der Waals surface area contributed by atoms with Gasteiger partial charge in [-0.2, -0.15) is 0 Å². The first-order chi connectivity index (χ1) is 7.64. The summed E-state index contributed by atoms with van der Waals surface area (Å²) in [6.07, 6.45) is 1.12. The molecule has 5 heteroatoms. The molecule has 0 fully saturated rings. The third kappa shape index (κ3) is 2.85. The van der Waals surface area contributed by atoms with E-state index in [4.69, 9.17) is 5.11 Å². The SMILES string of the molecule is Cc1cc(S(C)(=O)=O)cc(C(C)C(=O)O)c1C. The van der Waals surface area contributed by atoms with Crippen molar-refractivity contribution in [2.75, 3.05) is 6.26 Å². The van der Waals surface area contributed by atoms with E-state index >= 15 is 0 Å². The van der Waals surface area contributed by atoms with Crippen molar-refractivity contribution in [1.82, 2.24) is 0 Å². The Morgan fingerprint density at radius 3 is 2.24 bits per heavy atom. The van der Waals surface area contributed by atoms with Gasteiger partial charge >= 0.3 is 5.97 Å². The number of sulfone groups is 1. The largest absolute Gasteiger partial charge is 0.481 e. The van der Waals surface area contributed by atoms with E-state index in [1.54, 1.807) is 26.8 Å². The fourth-order valence-corrected chi connectivity index (χ4v) is 2.38. The topological polar surface area (TPSA) is 71.4 Å². The normalized spacial score (nSPS) is 13.4. The van der Waals surface area contributed by atoms with Crippen molar-refractivity contribution in [3.05, 3.63) is 28.8 Å². The Balaban J connectivity index is 3.51. The molecular formula is C12H16O4S. The zero-order chi connectivity index (χ0) is 13.4. The molecule has 1 aromatic rings. The van der Waals surface area contributed by atoms with E-state index in [1.807, 2.05) is 0 Å². The third-order valence-corrected chi connectivity index (χ3v) is 4.04. The van der Waals surface area contributed by atoms with Gasteiger partial charge in [0.05, 0.1) is 10.8 Å². The van der Waals surface area contributed by atoms with Crippen LogP contribution in [0.25, 0.3) is 0 Å². The first-order valence-electron chi connectivity index (χ1n) is 5.18. The number of rotatable bonds is 3. The van der Waals surface area contributed by atoms with Crippen LogP contribution in [0.5, 0.6) is 0 Å². The molecule has 1 N–H and O–H groups in total. The predicted molar refractivity (Wildman–Crippen MR) is 65.1 cm³/mol. The number of carbonyl (C=O) groups is 1. The minimum Gasteiger partial charge on any atom is -0.481 e. The summed E-state index contributed by atoms with van der Waals surface area (Å²) in [5.74, 6) is -1.67. The van der Waals surface area contributed by atoms with Crippen molar-refractivity contribution in [2.24, 2.45) is 0 Å². The second-order valence-electron chi connectivity index (χ2n) is 4.29. The van der Waals surface area contributed by atoms with Gasteiger partial charge in [0.25, 0.3) is 0 Å². The third-order valence-electron chi connectivity index (χ3n) is 2.95. The van der Waals surface area contributed by atoms with Crippen LogP contribution in [0.2, 0.25) is 0 Å². The molecular weight excluding hydrogens is 240 g/mol. The molecule has 17 heavy (non-hydrogen) atoms. The second kappa shape index (κ2) is 4.49. The Hall–Kier alpha value is -1.36. The van der Waals surface area contributed by atoms with Gasteiger partial charge in [-0.05, 0) is 49.6 Å². The molecule has 1 rings (SSSR count). The van der Waals surface area contributed by atoms with Gasteiger partial charge in [0.15, 0.2) is 9.84 Å². The molecule has 0 aliphatic carbocycles. The lowest BCUT2D eigenvalue weighted by Gasteiger charge is -2.14. The van der Waals surface area contributed by atoms with Crippen LogP contribution in [-0.2, 0) is 14.6 Å². The molecule has 0 saturated heterocycles. The van der Waals surface area contributed by atoms with Crippen LogP contribution in [0.3, 0.4) is 0 Å². The van der Waals surface area contributed by atoms with Crippen molar-refractivity contribution in [3.63, 3.8) is 0 Å². The molecule has 0 radical (unpaired) electrons. The molecule has 94 valence electrons. The van der Waals surface area contributed by atoms with Crippen molar-refractivity contribution >= 4 is 15.8 Å². The molecule has 1 atom stereocenters. The number of hydrogen-bond donors (Lipinski definition) is 1. The maximum Gasteiger partial charge on any atom is 0.310 e. The van der Waals surface area contributed by atoms with Crippen LogP contribution < -0.4 is 0 Å². The summed E-state index contributed by atoms with van der Waals surface area (Å²) in [5, 5.41) is 9.00. The molecule has 4 nitrogen and oxygen atoms in total. The number of aliphatic carboxylic acids is 1. The zero-order valence-electron chi connectivity index (χ0n) is 10.3. The van der Waals surface area contributed by atoms with E-state index in [0.29, 0.717) is 5.56 Å². The summed E-state index contributed by atoms with van der Waals surface area (Å²) in [6.45, 7) is 5.13. The first kappa shape index (κ1) is 13.7. The smallest absolute Gasteiger partial charge is 0.310 e. The molecule has 0 heterocycles. The monoisotopic (exact) mass is 256 g/mol. The lowest BCUT2D eigenvalue weighted by molar-refractivity contribution is -0.138. The summed E-state index contributed by atoms with van der Waals surface area (Å²) in [6, 6.07) is 3.03. The van der Waals surface area contributed by atoms with Crippen LogP contribution in [0.1, 0.15) is 29.5 Å². The Morgan fingerprint density at radius 2 is 1.82 bits per heavy atom. The highest BCUT2D eigenvalue weighted by molar-refractivity contribution is 7.90.